The molecule has 1 aromatic rings. The fourth-order valence-electron chi connectivity index (χ4n) is 5.97. The topological polar surface area (TPSA) is 86.8 Å². The Kier molecular flexibility index (Phi) is 6.48. The van der Waals surface area contributed by atoms with Gasteiger partial charge in [0.15, 0.2) is 0 Å². The molecule has 3 atom stereocenters. The normalized spacial score (nSPS) is 28.5. The molecule has 0 aromatic heterocycles. The van der Waals surface area contributed by atoms with Crippen molar-refractivity contribution in [1.29, 1.82) is 0 Å². The van der Waals surface area contributed by atoms with Crippen molar-refractivity contribution in [1.82, 2.24) is 9.62 Å². The highest BCUT2D eigenvalue weighted by atomic mass is 32.2. The van der Waals surface area contributed by atoms with E-state index in [0.29, 0.717) is 38.3 Å². The molecule has 2 amide bonds. The van der Waals surface area contributed by atoms with Crippen molar-refractivity contribution < 1.29 is 18.0 Å². The number of nitrogens with zero attached hydrogens (tertiary/aromatic N) is 2. The van der Waals surface area contributed by atoms with Gasteiger partial charge in [-0.3, -0.25) is 9.59 Å². The summed E-state index contributed by atoms with van der Waals surface area (Å²) in [6.07, 6.45) is 8.30. The van der Waals surface area contributed by atoms with Gasteiger partial charge >= 0.3 is 0 Å². The third-order valence-corrected chi connectivity index (χ3v) is 10.2. The molecule has 186 valence electrons. The maximum absolute atomic E-state index is 13.4. The molecule has 8 heteroatoms. The lowest BCUT2D eigenvalue weighted by atomic mass is 9.85. The molecule has 0 spiro atoms. The van der Waals surface area contributed by atoms with Gasteiger partial charge in [0.2, 0.25) is 21.8 Å². The highest BCUT2D eigenvalue weighted by molar-refractivity contribution is 7.89. The van der Waals surface area contributed by atoms with E-state index < -0.39 is 10.0 Å². The van der Waals surface area contributed by atoms with Crippen LogP contribution in [0.3, 0.4) is 0 Å². The van der Waals surface area contributed by atoms with Gasteiger partial charge in [0.25, 0.3) is 0 Å². The molecule has 2 saturated carbocycles. The second-order valence-corrected chi connectivity index (χ2v) is 12.8. The average molecular weight is 488 g/mol. The van der Waals surface area contributed by atoms with Gasteiger partial charge in [0, 0.05) is 42.7 Å². The number of carbonyl (C=O) groups excluding carboxylic acids is 2. The molecule has 2 aliphatic carbocycles. The van der Waals surface area contributed by atoms with Crippen molar-refractivity contribution in [2.45, 2.75) is 88.6 Å². The number of benzene rings is 1. The number of amides is 2. The zero-order valence-corrected chi connectivity index (χ0v) is 21.1. The van der Waals surface area contributed by atoms with Gasteiger partial charge < -0.3 is 10.2 Å². The first-order valence-corrected chi connectivity index (χ1v) is 14.5. The van der Waals surface area contributed by atoms with E-state index in [9.17, 15) is 18.0 Å². The lowest BCUT2D eigenvalue weighted by Crippen LogP contribution is -2.47. The van der Waals surface area contributed by atoms with Crippen LogP contribution in [0.4, 0.5) is 5.69 Å². The molecule has 7 nitrogen and oxygen atoms in total. The van der Waals surface area contributed by atoms with Crippen LogP contribution in [0.25, 0.3) is 0 Å². The number of hydrogen-bond acceptors (Lipinski definition) is 4. The number of rotatable bonds is 5. The van der Waals surface area contributed by atoms with Gasteiger partial charge in [-0.25, -0.2) is 8.42 Å². The number of hydrogen-bond donors (Lipinski definition) is 1. The fourth-order valence-corrected chi connectivity index (χ4v) is 7.49. The molecule has 0 radical (unpaired) electrons. The summed E-state index contributed by atoms with van der Waals surface area (Å²) in [5.74, 6) is 0.781. The number of carbonyl (C=O) groups is 2. The second-order valence-electron chi connectivity index (χ2n) is 10.9. The Morgan fingerprint density at radius 2 is 1.65 bits per heavy atom. The molecule has 2 heterocycles. The molecule has 3 fully saturated rings. The van der Waals surface area contributed by atoms with Crippen LogP contribution in [0.5, 0.6) is 0 Å². The smallest absolute Gasteiger partial charge is 0.243 e. The Bertz CT molecular complexity index is 1060. The summed E-state index contributed by atoms with van der Waals surface area (Å²) in [6, 6.07) is 5.51. The van der Waals surface area contributed by atoms with Crippen LogP contribution in [-0.4, -0.2) is 49.7 Å². The van der Waals surface area contributed by atoms with E-state index in [4.69, 9.17) is 0 Å². The Hall–Kier alpha value is -1.93. The minimum atomic E-state index is -3.63. The first kappa shape index (κ1) is 23.8. The van der Waals surface area contributed by atoms with Crippen molar-refractivity contribution in [3.8, 4) is 0 Å². The number of sulfonamides is 1. The first-order chi connectivity index (χ1) is 16.3. The van der Waals surface area contributed by atoms with Crippen LogP contribution in [0.2, 0.25) is 0 Å². The van der Waals surface area contributed by atoms with E-state index in [1.807, 2.05) is 11.8 Å². The summed E-state index contributed by atoms with van der Waals surface area (Å²) in [5, 5.41) is 3.24. The van der Waals surface area contributed by atoms with Crippen LogP contribution in [0.1, 0.15) is 70.8 Å². The minimum Gasteiger partial charge on any atom is -0.353 e. The molecule has 0 bridgehead atoms. The molecule has 2 aliphatic heterocycles. The number of anilines is 1. The second kappa shape index (κ2) is 9.26. The van der Waals surface area contributed by atoms with Gasteiger partial charge in [-0.2, -0.15) is 4.31 Å². The van der Waals surface area contributed by atoms with Gasteiger partial charge in [0.1, 0.15) is 0 Å². The standard InChI is InChI=1S/C26H37N3O4S/c1-17-5-3-4-6-23(17)27-25(30)19-11-13-28(14-12-19)34(32,33)22-9-10-24-21(16-22)15-18(2)29(24)26(31)20-7-8-20/h9-10,16-20,23H,3-8,11-15H2,1-2H3,(H,27,30)/t17-,18+,23+/m1/s1. The van der Waals surface area contributed by atoms with Crippen LogP contribution in [0, 0.1) is 17.8 Å². The third-order valence-electron chi connectivity index (χ3n) is 8.33. The largest absolute Gasteiger partial charge is 0.353 e. The number of fused-ring (bicyclic) bond motifs is 1. The summed E-state index contributed by atoms with van der Waals surface area (Å²) in [4.78, 5) is 27.7. The molecule has 4 aliphatic rings. The van der Waals surface area contributed by atoms with Crippen molar-refractivity contribution in [3.05, 3.63) is 23.8 Å². The zero-order chi connectivity index (χ0) is 24.0. The van der Waals surface area contributed by atoms with Gasteiger partial charge in [-0.1, -0.05) is 19.8 Å². The van der Waals surface area contributed by atoms with E-state index in [2.05, 4.69) is 12.2 Å². The molecular weight excluding hydrogens is 450 g/mol. The SMILES string of the molecule is C[C@@H]1CCCC[C@@H]1NC(=O)C1CCN(S(=O)(=O)c2ccc3c(c2)C[C@H](C)N3C(=O)C2CC2)CC1. The van der Waals surface area contributed by atoms with Gasteiger partial charge in [0.05, 0.1) is 4.90 Å². The number of piperidine rings is 1. The lowest BCUT2D eigenvalue weighted by Gasteiger charge is -2.34. The van der Waals surface area contributed by atoms with Gasteiger partial charge in [-0.05, 0) is 81.5 Å². The molecule has 1 saturated heterocycles. The monoisotopic (exact) mass is 487 g/mol. The van der Waals surface area contributed by atoms with Crippen LogP contribution in [-0.2, 0) is 26.0 Å². The minimum absolute atomic E-state index is 0.0576. The first-order valence-electron chi connectivity index (χ1n) is 13.0. The summed E-state index contributed by atoms with van der Waals surface area (Å²) in [7, 11) is -3.63. The van der Waals surface area contributed by atoms with E-state index in [1.54, 1.807) is 18.2 Å². The predicted octanol–water partition coefficient (Wildman–Crippen LogP) is 3.47. The maximum atomic E-state index is 13.4. The van der Waals surface area contributed by atoms with Crippen molar-refractivity contribution in [2.24, 2.45) is 17.8 Å². The maximum Gasteiger partial charge on any atom is 0.243 e. The van der Waals surface area contributed by atoms with Crippen LogP contribution < -0.4 is 10.2 Å². The van der Waals surface area contributed by atoms with E-state index >= 15 is 0 Å². The molecular formula is C26H37N3O4S. The molecule has 5 rings (SSSR count). The van der Waals surface area contributed by atoms with Crippen molar-refractivity contribution in [2.75, 3.05) is 18.0 Å². The van der Waals surface area contributed by atoms with Crippen LogP contribution in [0.15, 0.2) is 23.1 Å². The Labute approximate surface area is 203 Å². The van der Waals surface area contributed by atoms with Crippen molar-refractivity contribution in [3.63, 3.8) is 0 Å². The molecule has 34 heavy (non-hydrogen) atoms. The average Bonchev–Trinajstić information content (AvgIpc) is 3.62. The lowest BCUT2D eigenvalue weighted by molar-refractivity contribution is -0.127. The number of nitrogens with one attached hydrogen (secondary N) is 1. The van der Waals surface area contributed by atoms with E-state index in [-0.39, 0.29) is 40.6 Å². The van der Waals surface area contributed by atoms with E-state index in [1.165, 1.54) is 10.7 Å². The summed E-state index contributed by atoms with van der Waals surface area (Å²) < 4.78 is 28.3. The van der Waals surface area contributed by atoms with Crippen molar-refractivity contribution >= 4 is 27.5 Å². The molecule has 0 unspecified atom stereocenters. The highest BCUT2D eigenvalue weighted by Crippen LogP contribution is 2.40. The fraction of sp³-hybridized carbons (Fsp3) is 0.692. The molecule has 1 N–H and O–H groups in total. The molecule has 1 aromatic carbocycles. The summed E-state index contributed by atoms with van der Waals surface area (Å²) in [5.41, 5.74) is 1.79. The zero-order valence-electron chi connectivity index (χ0n) is 20.3. The summed E-state index contributed by atoms with van der Waals surface area (Å²) in [6.45, 7) is 4.96. The predicted molar refractivity (Wildman–Crippen MR) is 131 cm³/mol. The van der Waals surface area contributed by atoms with Crippen LogP contribution >= 0.6 is 0 Å². The third kappa shape index (κ3) is 4.51. The highest BCUT2D eigenvalue weighted by Gasteiger charge is 2.40. The Balaban J connectivity index is 1.23. The van der Waals surface area contributed by atoms with E-state index in [0.717, 1.165) is 43.4 Å². The summed E-state index contributed by atoms with van der Waals surface area (Å²) >= 11 is 0. The Morgan fingerprint density at radius 3 is 2.32 bits per heavy atom. The van der Waals surface area contributed by atoms with Gasteiger partial charge in [-0.15, -0.1) is 0 Å². The Morgan fingerprint density at radius 1 is 0.941 bits per heavy atom. The quantitative estimate of drug-likeness (QED) is 0.689.